The van der Waals surface area contributed by atoms with E-state index in [2.05, 4.69) is 10.0 Å². The normalized spacial score (nSPS) is 11.3. The molecule has 0 spiro atoms. The van der Waals surface area contributed by atoms with E-state index in [0.717, 1.165) is 12.3 Å². The number of hydrogen-bond donors (Lipinski definition) is 2. The summed E-state index contributed by atoms with van der Waals surface area (Å²) in [6.45, 7) is 2.93. The van der Waals surface area contributed by atoms with E-state index in [1.807, 2.05) is 0 Å². The molecule has 2 rings (SSSR count). The second-order valence-electron chi connectivity index (χ2n) is 5.81. The maximum Gasteiger partial charge on any atom is 1.00 e. The van der Waals surface area contributed by atoms with Gasteiger partial charge >= 0.3 is 29.6 Å². The summed E-state index contributed by atoms with van der Waals surface area (Å²) in [6.07, 6.45) is 1.09. The Bertz CT molecular complexity index is 881. The van der Waals surface area contributed by atoms with Crippen molar-refractivity contribution in [2.75, 3.05) is 19.5 Å². The number of carbonyl (C=O) groups excluding carboxylic acids is 1. The van der Waals surface area contributed by atoms with Crippen molar-refractivity contribution < 1.29 is 61.8 Å². The molecule has 0 fully saturated rings. The van der Waals surface area contributed by atoms with Gasteiger partial charge in [-0.05, 0) is 31.7 Å². The number of carbonyl (C=O) groups is 1. The molecule has 11 heteroatoms. The van der Waals surface area contributed by atoms with Crippen LogP contribution >= 0.6 is 0 Å². The van der Waals surface area contributed by atoms with Crippen LogP contribution in [0.15, 0.2) is 40.0 Å². The van der Waals surface area contributed by atoms with E-state index in [-0.39, 0.29) is 40.8 Å². The number of nitrogens with zero attached hydrogens (tertiary/aromatic N) is 1. The van der Waals surface area contributed by atoms with Gasteiger partial charge in [0.2, 0.25) is 15.1 Å². The Balaban J connectivity index is 0.00000364. The molecule has 2 amide bonds. The number of anilines is 1. The van der Waals surface area contributed by atoms with Crippen molar-refractivity contribution in [1.82, 2.24) is 0 Å². The molecule has 1 heterocycles. The summed E-state index contributed by atoms with van der Waals surface area (Å²) in [5, 5.41) is 11.6. The molecule has 0 aliphatic rings. The zero-order valence-corrected chi connectivity index (χ0v) is 18.5. The number of urea groups is 1. The van der Waals surface area contributed by atoms with E-state index >= 15 is 0 Å². The van der Waals surface area contributed by atoms with Crippen molar-refractivity contribution in [3.8, 4) is 11.5 Å². The third-order valence-corrected chi connectivity index (χ3v) is 4.47. The predicted molar refractivity (Wildman–Crippen MR) is 93.1 cm³/mol. The topological polar surface area (TPSA) is 129 Å². The minimum absolute atomic E-state index is 0. The molecule has 0 saturated heterocycles. The van der Waals surface area contributed by atoms with Crippen LogP contribution in [0.4, 0.5) is 10.5 Å². The van der Waals surface area contributed by atoms with Crippen LogP contribution in [-0.2, 0) is 15.6 Å². The first kappa shape index (κ1) is 23.3. The summed E-state index contributed by atoms with van der Waals surface area (Å²) in [5.41, 5.74) is -0.817. The second kappa shape index (κ2) is 8.98. The van der Waals surface area contributed by atoms with E-state index in [1.165, 1.54) is 40.2 Å². The van der Waals surface area contributed by atoms with Gasteiger partial charge in [-0.25, -0.2) is 8.42 Å². The minimum Gasteiger partial charge on any atom is -0.497 e. The number of benzene rings is 1. The maximum atomic E-state index is 12.2. The van der Waals surface area contributed by atoms with Crippen LogP contribution < -0.4 is 44.3 Å². The molecule has 0 atom stereocenters. The quantitative estimate of drug-likeness (QED) is 0.637. The fourth-order valence-electron chi connectivity index (χ4n) is 1.95. The summed E-state index contributed by atoms with van der Waals surface area (Å²) in [7, 11) is -1.50. The van der Waals surface area contributed by atoms with Gasteiger partial charge in [0.05, 0.1) is 26.1 Å². The van der Waals surface area contributed by atoms with E-state index < -0.39 is 26.7 Å². The molecule has 0 unspecified atom stereocenters. The van der Waals surface area contributed by atoms with Crippen molar-refractivity contribution >= 4 is 21.7 Å². The van der Waals surface area contributed by atoms with Gasteiger partial charge in [0.25, 0.3) is 0 Å². The number of sulfonamides is 1. The minimum atomic E-state index is -4.38. The number of rotatable bonds is 6. The number of amides is 2. The van der Waals surface area contributed by atoms with Crippen LogP contribution in [0.1, 0.15) is 19.4 Å². The van der Waals surface area contributed by atoms with Crippen LogP contribution in [-0.4, -0.2) is 33.8 Å². The van der Waals surface area contributed by atoms with Crippen LogP contribution in [0.3, 0.4) is 0 Å². The molecule has 142 valence electrons. The molecule has 9 nitrogen and oxygen atoms in total. The Morgan fingerprint density at radius 2 is 1.70 bits per heavy atom. The van der Waals surface area contributed by atoms with E-state index in [0.29, 0.717) is 11.5 Å². The van der Waals surface area contributed by atoms with Crippen molar-refractivity contribution in [1.29, 1.82) is 0 Å². The first-order chi connectivity index (χ1) is 12.0. The Labute approximate surface area is 179 Å². The van der Waals surface area contributed by atoms with Crippen LogP contribution in [0.5, 0.6) is 11.5 Å². The molecule has 1 aromatic carbocycles. The summed E-state index contributed by atoms with van der Waals surface area (Å²) >= 11 is 0. The average molecular weight is 406 g/mol. The monoisotopic (exact) mass is 406 g/mol. The zero-order valence-electron chi connectivity index (χ0n) is 15.6. The first-order valence-corrected chi connectivity index (χ1v) is 8.82. The molecule has 2 aromatic rings. The van der Waals surface area contributed by atoms with Gasteiger partial charge in [-0.15, -0.1) is 0 Å². The van der Waals surface area contributed by atoms with Crippen molar-refractivity contribution in [2.24, 2.45) is 0 Å². The molecule has 0 aliphatic heterocycles. The molecule has 2 N–H and O–H groups in total. The summed E-state index contributed by atoms with van der Waals surface area (Å²) < 4.78 is 42.5. The fourth-order valence-corrected chi connectivity index (χ4v) is 2.75. The standard InChI is InChI=1S/C16H20N2O7S.Na/c1-16(2,20)10-5-14(25-9-10)26(21,22)18-15(19)17-11-6-12(23-3)8-13(7-11)24-4;/h5-9,20H,1-4H3,(H2,17,18,19);/q;+1/p-1. The van der Waals surface area contributed by atoms with Gasteiger partial charge in [-0.1, -0.05) is 0 Å². The molecule has 0 saturated carbocycles. The number of hydrogen-bond acceptors (Lipinski definition) is 7. The second-order valence-corrected chi connectivity index (χ2v) is 7.35. The SMILES string of the molecule is COc1cc(NC(=O)[N-]S(=O)(=O)c2cc(C(C)(C)O)co2)cc(OC)c1.[Na+]. The molecule has 0 radical (unpaired) electrons. The van der Waals surface area contributed by atoms with E-state index in [4.69, 9.17) is 13.9 Å². The molecule has 1 aromatic heterocycles. The first-order valence-electron chi connectivity index (χ1n) is 7.38. The summed E-state index contributed by atoms with van der Waals surface area (Å²) in [6, 6.07) is 4.52. The van der Waals surface area contributed by atoms with Gasteiger partial charge in [-0.3, -0.25) is 4.79 Å². The zero-order chi connectivity index (χ0) is 19.5. The van der Waals surface area contributed by atoms with Crippen molar-refractivity contribution in [3.63, 3.8) is 0 Å². The molecule has 0 bridgehead atoms. The summed E-state index contributed by atoms with van der Waals surface area (Å²) in [4.78, 5) is 12.0. The molecular weight excluding hydrogens is 387 g/mol. The number of nitrogens with one attached hydrogen (secondary N) is 1. The number of methoxy groups -OCH3 is 2. The van der Waals surface area contributed by atoms with Gasteiger partial charge in [-0.2, -0.15) is 0 Å². The van der Waals surface area contributed by atoms with Gasteiger partial charge in [0.1, 0.15) is 11.5 Å². The van der Waals surface area contributed by atoms with Crippen molar-refractivity contribution in [2.45, 2.75) is 24.5 Å². The fraction of sp³-hybridized carbons (Fsp3) is 0.312. The Morgan fingerprint density at radius 1 is 1.15 bits per heavy atom. The third kappa shape index (κ3) is 6.15. The molecule has 0 aliphatic carbocycles. The van der Waals surface area contributed by atoms with Gasteiger partial charge < -0.3 is 29.0 Å². The largest absolute Gasteiger partial charge is 1.00 e. The van der Waals surface area contributed by atoms with E-state index in [9.17, 15) is 18.3 Å². The van der Waals surface area contributed by atoms with Crippen LogP contribution in [0, 0.1) is 0 Å². The molecule has 27 heavy (non-hydrogen) atoms. The third-order valence-electron chi connectivity index (χ3n) is 3.34. The Morgan fingerprint density at radius 3 is 2.15 bits per heavy atom. The Kier molecular flexibility index (Phi) is 7.76. The Hall–Kier alpha value is -1.72. The number of ether oxygens (including phenoxy) is 2. The van der Waals surface area contributed by atoms with Gasteiger partial charge in [0.15, 0.2) is 6.03 Å². The average Bonchev–Trinajstić information content (AvgIpc) is 3.05. The van der Waals surface area contributed by atoms with Crippen LogP contribution in [0.2, 0.25) is 0 Å². The number of furan rings is 1. The van der Waals surface area contributed by atoms with Crippen LogP contribution in [0.25, 0.3) is 4.72 Å². The maximum absolute atomic E-state index is 12.2. The van der Waals surface area contributed by atoms with Crippen molar-refractivity contribution in [3.05, 3.63) is 40.8 Å². The predicted octanol–water partition coefficient (Wildman–Crippen LogP) is -0.177. The number of aliphatic hydroxyl groups is 1. The summed E-state index contributed by atoms with van der Waals surface area (Å²) in [5.74, 6) is 0.812. The van der Waals surface area contributed by atoms with E-state index in [1.54, 1.807) is 6.07 Å². The van der Waals surface area contributed by atoms with Gasteiger partial charge in [0, 0.05) is 17.7 Å². The smallest absolute Gasteiger partial charge is 0.497 e. The molecular formula is C16H19N2NaO7S.